The molecule has 2 nitrogen and oxygen atoms in total. The van der Waals surface area contributed by atoms with Gasteiger partial charge in [0.15, 0.2) is 0 Å². The van der Waals surface area contributed by atoms with Crippen LogP contribution in [0.1, 0.15) is 0 Å². The van der Waals surface area contributed by atoms with Gasteiger partial charge in [0.2, 0.25) is 0 Å². The van der Waals surface area contributed by atoms with E-state index in [1.807, 2.05) is 18.2 Å². The normalized spacial score (nSPS) is 10.5. The zero-order valence-electron chi connectivity index (χ0n) is 5.96. The van der Waals surface area contributed by atoms with Crippen LogP contribution in [-0.2, 0) is 0 Å². The molecule has 2 rings (SSSR count). The van der Waals surface area contributed by atoms with E-state index in [0.29, 0.717) is 0 Å². The van der Waals surface area contributed by atoms with Gasteiger partial charge in [-0.15, -0.1) is 0 Å². The quantitative estimate of drug-likeness (QED) is 0.518. The molecule has 0 bridgehead atoms. The highest BCUT2D eigenvalue weighted by molar-refractivity contribution is 14.1. The van der Waals surface area contributed by atoms with Crippen molar-refractivity contribution in [3.63, 3.8) is 0 Å². The average molecular weight is 382 g/mol. The molecule has 12 heavy (non-hydrogen) atoms. The third kappa shape index (κ3) is 1.54. The SMILES string of the molecule is Ic1cc2cccnc2c(I)n1. The number of halogens is 2. The van der Waals surface area contributed by atoms with E-state index in [4.69, 9.17) is 0 Å². The third-order valence-corrected chi connectivity index (χ3v) is 2.82. The van der Waals surface area contributed by atoms with Gasteiger partial charge >= 0.3 is 0 Å². The molecule has 2 aromatic heterocycles. The maximum atomic E-state index is 4.31. The minimum Gasteiger partial charge on any atom is -0.253 e. The van der Waals surface area contributed by atoms with Crippen molar-refractivity contribution < 1.29 is 0 Å². The molecule has 0 radical (unpaired) electrons. The van der Waals surface area contributed by atoms with E-state index in [2.05, 4.69) is 55.1 Å². The van der Waals surface area contributed by atoms with Gasteiger partial charge in [0.25, 0.3) is 0 Å². The number of rotatable bonds is 0. The molecule has 4 heteroatoms. The molecule has 0 aromatic carbocycles. The maximum absolute atomic E-state index is 4.31. The minimum atomic E-state index is 0.968. The van der Waals surface area contributed by atoms with Crippen LogP contribution in [-0.4, -0.2) is 9.97 Å². The van der Waals surface area contributed by atoms with Crippen LogP contribution in [0.15, 0.2) is 24.4 Å². The van der Waals surface area contributed by atoms with Crippen molar-refractivity contribution in [2.24, 2.45) is 0 Å². The molecule has 0 aliphatic heterocycles. The number of pyridine rings is 2. The fraction of sp³-hybridized carbons (Fsp3) is 0. The highest BCUT2D eigenvalue weighted by Gasteiger charge is 2.01. The number of hydrogen-bond donors (Lipinski definition) is 0. The summed E-state index contributed by atoms with van der Waals surface area (Å²) >= 11 is 4.42. The fourth-order valence-corrected chi connectivity index (χ4v) is 2.76. The lowest BCUT2D eigenvalue weighted by molar-refractivity contribution is 1.22. The molecular formula is C8H4I2N2. The topological polar surface area (TPSA) is 25.8 Å². The highest BCUT2D eigenvalue weighted by Crippen LogP contribution is 2.18. The average Bonchev–Trinajstić information content (AvgIpc) is 2.04. The first-order valence-corrected chi connectivity index (χ1v) is 5.50. The summed E-state index contributed by atoms with van der Waals surface area (Å²) in [4.78, 5) is 8.56. The number of aromatic nitrogens is 2. The maximum Gasteiger partial charge on any atom is 0.128 e. The second-order valence-corrected chi connectivity index (χ2v) is 4.44. The second-order valence-electron chi connectivity index (χ2n) is 2.31. The van der Waals surface area contributed by atoms with Crippen LogP contribution >= 0.6 is 45.2 Å². The van der Waals surface area contributed by atoms with Gasteiger partial charge in [0, 0.05) is 11.6 Å². The van der Waals surface area contributed by atoms with Gasteiger partial charge in [-0.05, 0) is 57.3 Å². The van der Waals surface area contributed by atoms with Crippen molar-refractivity contribution in [3.8, 4) is 0 Å². The van der Waals surface area contributed by atoms with Crippen LogP contribution in [0.3, 0.4) is 0 Å². The Morgan fingerprint density at radius 2 is 2.08 bits per heavy atom. The first-order valence-electron chi connectivity index (χ1n) is 3.34. The van der Waals surface area contributed by atoms with Crippen molar-refractivity contribution in [3.05, 3.63) is 31.8 Å². The Hall–Kier alpha value is 0.0200. The summed E-state index contributed by atoms with van der Waals surface area (Å²) in [5.74, 6) is 0. The van der Waals surface area contributed by atoms with E-state index >= 15 is 0 Å². The van der Waals surface area contributed by atoms with Gasteiger partial charge in [0.1, 0.15) is 12.9 Å². The summed E-state index contributed by atoms with van der Waals surface area (Å²) in [5.41, 5.74) is 0.985. The van der Waals surface area contributed by atoms with E-state index in [9.17, 15) is 0 Å². The molecule has 0 amide bonds. The Kier molecular flexibility index (Phi) is 2.44. The summed E-state index contributed by atoms with van der Waals surface area (Å²) < 4.78 is 1.98. The van der Waals surface area contributed by atoms with Crippen LogP contribution in [0.2, 0.25) is 0 Å². The smallest absolute Gasteiger partial charge is 0.128 e. The first-order chi connectivity index (χ1) is 5.77. The second kappa shape index (κ2) is 3.41. The van der Waals surface area contributed by atoms with Crippen LogP contribution in [0, 0.1) is 7.40 Å². The molecule has 2 heterocycles. The Bertz CT molecular complexity index is 428. The molecule has 0 saturated heterocycles. The van der Waals surface area contributed by atoms with Crippen LogP contribution in [0.4, 0.5) is 0 Å². The number of nitrogens with zero attached hydrogens (tertiary/aromatic N) is 2. The Morgan fingerprint density at radius 3 is 2.92 bits per heavy atom. The van der Waals surface area contributed by atoms with Crippen molar-refractivity contribution in [1.82, 2.24) is 9.97 Å². The van der Waals surface area contributed by atoms with Gasteiger partial charge < -0.3 is 0 Å². The molecule has 60 valence electrons. The number of fused-ring (bicyclic) bond motifs is 1. The third-order valence-electron chi connectivity index (χ3n) is 1.51. The zero-order chi connectivity index (χ0) is 8.55. The fourth-order valence-electron chi connectivity index (χ4n) is 1.01. The summed E-state index contributed by atoms with van der Waals surface area (Å²) in [5, 5.41) is 1.15. The molecule has 0 fully saturated rings. The van der Waals surface area contributed by atoms with Gasteiger partial charge in [-0.25, -0.2) is 4.98 Å². The van der Waals surface area contributed by atoms with Crippen LogP contribution < -0.4 is 0 Å². The van der Waals surface area contributed by atoms with E-state index in [0.717, 1.165) is 18.3 Å². The largest absolute Gasteiger partial charge is 0.253 e. The monoisotopic (exact) mass is 382 g/mol. The first kappa shape index (κ1) is 8.61. The van der Waals surface area contributed by atoms with Crippen molar-refractivity contribution in [2.45, 2.75) is 0 Å². The highest BCUT2D eigenvalue weighted by atomic mass is 127. The molecule has 0 unspecified atom stereocenters. The molecule has 0 atom stereocenters. The summed E-state index contributed by atoms with van der Waals surface area (Å²) in [6, 6.07) is 6.02. The van der Waals surface area contributed by atoms with Crippen LogP contribution in [0.25, 0.3) is 10.9 Å². The Morgan fingerprint density at radius 1 is 1.25 bits per heavy atom. The van der Waals surface area contributed by atoms with Gasteiger partial charge in [-0.2, -0.15) is 0 Å². The predicted molar refractivity (Wildman–Crippen MR) is 65.0 cm³/mol. The molecule has 0 aliphatic carbocycles. The van der Waals surface area contributed by atoms with E-state index in [1.165, 1.54) is 0 Å². The lowest BCUT2D eigenvalue weighted by atomic mass is 10.3. The summed E-state index contributed by atoms with van der Waals surface area (Å²) in [6.07, 6.45) is 1.79. The van der Waals surface area contributed by atoms with Gasteiger partial charge in [-0.3, -0.25) is 4.98 Å². The molecule has 0 aliphatic rings. The standard InChI is InChI=1S/C8H4I2N2/c9-6-4-5-2-1-3-11-7(5)8(10)12-6/h1-4H. The van der Waals surface area contributed by atoms with Gasteiger partial charge in [-0.1, -0.05) is 6.07 Å². The van der Waals surface area contributed by atoms with Crippen molar-refractivity contribution in [2.75, 3.05) is 0 Å². The van der Waals surface area contributed by atoms with Gasteiger partial charge in [0.05, 0.1) is 0 Å². The molecule has 0 N–H and O–H groups in total. The van der Waals surface area contributed by atoms with Crippen molar-refractivity contribution >= 4 is 56.1 Å². The Balaban J connectivity index is 2.89. The lowest BCUT2D eigenvalue weighted by Gasteiger charge is -1.98. The van der Waals surface area contributed by atoms with E-state index in [1.54, 1.807) is 6.20 Å². The summed E-state index contributed by atoms with van der Waals surface area (Å²) in [6.45, 7) is 0. The van der Waals surface area contributed by atoms with Crippen molar-refractivity contribution in [1.29, 1.82) is 0 Å². The van der Waals surface area contributed by atoms with E-state index < -0.39 is 0 Å². The predicted octanol–water partition coefficient (Wildman–Crippen LogP) is 2.84. The molecule has 0 spiro atoms. The number of hydrogen-bond acceptors (Lipinski definition) is 2. The molecular weight excluding hydrogens is 378 g/mol. The zero-order valence-corrected chi connectivity index (χ0v) is 10.3. The summed E-state index contributed by atoms with van der Waals surface area (Å²) in [7, 11) is 0. The van der Waals surface area contributed by atoms with Crippen LogP contribution in [0.5, 0.6) is 0 Å². The minimum absolute atomic E-state index is 0.968. The van der Waals surface area contributed by atoms with E-state index in [-0.39, 0.29) is 0 Å². The molecule has 0 saturated carbocycles. The lowest BCUT2D eigenvalue weighted by Crippen LogP contribution is -1.89. The Labute approximate surface area is 97.1 Å². The molecule has 2 aromatic rings.